The molecule has 2 heterocycles. The SMILES string of the molecule is CC1NCC2CNC=C21. The lowest BCUT2D eigenvalue weighted by atomic mass is 10.0. The normalized spacial score (nSPS) is 39.9. The van der Waals surface area contributed by atoms with Gasteiger partial charge in [0.15, 0.2) is 0 Å². The lowest BCUT2D eigenvalue weighted by Crippen LogP contribution is -2.20. The zero-order chi connectivity index (χ0) is 6.27. The molecule has 0 bridgehead atoms. The molecule has 2 heteroatoms. The molecule has 2 atom stereocenters. The van der Waals surface area contributed by atoms with Gasteiger partial charge in [-0.2, -0.15) is 0 Å². The van der Waals surface area contributed by atoms with Gasteiger partial charge in [0.05, 0.1) is 0 Å². The number of hydrogen-bond donors (Lipinski definition) is 2. The maximum atomic E-state index is 3.41. The molecule has 9 heavy (non-hydrogen) atoms. The third kappa shape index (κ3) is 0.663. The van der Waals surface area contributed by atoms with Crippen LogP contribution in [0.1, 0.15) is 6.92 Å². The summed E-state index contributed by atoms with van der Waals surface area (Å²) >= 11 is 0. The highest BCUT2D eigenvalue weighted by molar-refractivity contribution is 5.22. The van der Waals surface area contributed by atoms with Crippen LogP contribution in [0.15, 0.2) is 11.8 Å². The first-order valence-corrected chi connectivity index (χ1v) is 3.54. The standard InChI is InChI=1S/C7H12N2/c1-5-7-4-8-2-6(7)3-9-5/h4-6,8-9H,2-3H2,1H3. The molecule has 2 aliphatic heterocycles. The molecule has 2 aliphatic rings. The Balaban J connectivity index is 2.22. The second-order valence-electron chi connectivity index (χ2n) is 2.88. The van der Waals surface area contributed by atoms with Gasteiger partial charge in [0.1, 0.15) is 0 Å². The maximum Gasteiger partial charge on any atom is 0.0272 e. The minimum atomic E-state index is 0.616. The molecule has 0 aromatic rings. The lowest BCUT2D eigenvalue weighted by Gasteiger charge is -2.01. The number of fused-ring (bicyclic) bond motifs is 1. The van der Waals surface area contributed by atoms with E-state index in [4.69, 9.17) is 0 Å². The Kier molecular flexibility index (Phi) is 1.02. The second-order valence-corrected chi connectivity index (χ2v) is 2.88. The van der Waals surface area contributed by atoms with Gasteiger partial charge in [-0.1, -0.05) is 0 Å². The van der Waals surface area contributed by atoms with Gasteiger partial charge in [0.25, 0.3) is 0 Å². The Bertz CT molecular complexity index is 151. The van der Waals surface area contributed by atoms with Crippen molar-refractivity contribution in [2.24, 2.45) is 5.92 Å². The predicted octanol–water partition coefficient (Wildman–Crippen LogP) is 0.0814. The molecule has 0 aromatic heterocycles. The largest absolute Gasteiger partial charge is 0.390 e. The predicted molar refractivity (Wildman–Crippen MR) is 37.0 cm³/mol. The van der Waals surface area contributed by atoms with Gasteiger partial charge >= 0.3 is 0 Å². The summed E-state index contributed by atoms with van der Waals surface area (Å²) in [5.41, 5.74) is 1.56. The van der Waals surface area contributed by atoms with Gasteiger partial charge in [-0.25, -0.2) is 0 Å². The minimum Gasteiger partial charge on any atom is -0.390 e. The fourth-order valence-corrected chi connectivity index (χ4v) is 1.66. The zero-order valence-electron chi connectivity index (χ0n) is 5.65. The minimum absolute atomic E-state index is 0.616. The van der Waals surface area contributed by atoms with Crippen LogP contribution in [0.25, 0.3) is 0 Å². The highest BCUT2D eigenvalue weighted by Crippen LogP contribution is 2.23. The molecule has 0 aromatic carbocycles. The van der Waals surface area contributed by atoms with Crippen molar-refractivity contribution >= 4 is 0 Å². The van der Waals surface area contributed by atoms with Crippen LogP contribution in [0.3, 0.4) is 0 Å². The summed E-state index contributed by atoms with van der Waals surface area (Å²) in [5, 5.41) is 6.67. The van der Waals surface area contributed by atoms with Crippen molar-refractivity contribution in [2.45, 2.75) is 13.0 Å². The highest BCUT2D eigenvalue weighted by atomic mass is 15.0. The van der Waals surface area contributed by atoms with Crippen LogP contribution in [0, 0.1) is 5.92 Å². The Morgan fingerprint density at radius 1 is 1.56 bits per heavy atom. The van der Waals surface area contributed by atoms with Gasteiger partial charge in [-0.05, 0) is 18.7 Å². The molecule has 0 radical (unpaired) electrons. The molecular weight excluding hydrogens is 112 g/mol. The lowest BCUT2D eigenvalue weighted by molar-refractivity contribution is 0.637. The van der Waals surface area contributed by atoms with Gasteiger partial charge in [-0.3, -0.25) is 0 Å². The zero-order valence-corrected chi connectivity index (χ0v) is 5.65. The van der Waals surface area contributed by atoms with Gasteiger partial charge in [-0.15, -0.1) is 0 Å². The van der Waals surface area contributed by atoms with E-state index in [0.717, 1.165) is 12.5 Å². The monoisotopic (exact) mass is 124 g/mol. The van der Waals surface area contributed by atoms with E-state index in [1.54, 1.807) is 5.57 Å². The summed E-state index contributed by atoms with van der Waals surface area (Å²) in [5.74, 6) is 0.792. The topological polar surface area (TPSA) is 24.1 Å². The van der Waals surface area contributed by atoms with Gasteiger partial charge < -0.3 is 10.6 Å². The third-order valence-electron chi connectivity index (χ3n) is 2.27. The second kappa shape index (κ2) is 1.74. The van der Waals surface area contributed by atoms with Crippen molar-refractivity contribution in [3.8, 4) is 0 Å². The highest BCUT2D eigenvalue weighted by Gasteiger charge is 2.29. The first kappa shape index (κ1) is 5.30. The summed E-state index contributed by atoms with van der Waals surface area (Å²) in [6.07, 6.45) is 2.16. The van der Waals surface area contributed by atoms with E-state index >= 15 is 0 Å². The van der Waals surface area contributed by atoms with Crippen LogP contribution in [0.2, 0.25) is 0 Å². The Labute approximate surface area is 55.3 Å². The first-order chi connectivity index (χ1) is 4.38. The maximum absolute atomic E-state index is 3.41. The average Bonchev–Trinajstić information content (AvgIpc) is 2.35. The van der Waals surface area contributed by atoms with Crippen molar-refractivity contribution in [2.75, 3.05) is 13.1 Å². The van der Waals surface area contributed by atoms with Crippen molar-refractivity contribution < 1.29 is 0 Å². The quantitative estimate of drug-likeness (QED) is 0.478. The average molecular weight is 124 g/mol. The van der Waals surface area contributed by atoms with E-state index in [-0.39, 0.29) is 0 Å². The van der Waals surface area contributed by atoms with Crippen LogP contribution in [-0.2, 0) is 0 Å². The number of rotatable bonds is 0. The summed E-state index contributed by atoms with van der Waals surface area (Å²) in [6, 6.07) is 0.616. The molecular formula is C7H12N2. The fourth-order valence-electron chi connectivity index (χ4n) is 1.66. The van der Waals surface area contributed by atoms with E-state index in [9.17, 15) is 0 Å². The van der Waals surface area contributed by atoms with Gasteiger partial charge in [0.2, 0.25) is 0 Å². The molecule has 50 valence electrons. The van der Waals surface area contributed by atoms with Crippen LogP contribution in [0.4, 0.5) is 0 Å². The summed E-state index contributed by atoms with van der Waals surface area (Å²) < 4.78 is 0. The van der Waals surface area contributed by atoms with Crippen LogP contribution < -0.4 is 10.6 Å². The van der Waals surface area contributed by atoms with E-state index in [2.05, 4.69) is 23.8 Å². The van der Waals surface area contributed by atoms with E-state index in [0.29, 0.717) is 6.04 Å². The molecule has 0 amide bonds. The summed E-state index contributed by atoms with van der Waals surface area (Å²) in [7, 11) is 0. The smallest absolute Gasteiger partial charge is 0.0272 e. The molecule has 2 unspecified atom stereocenters. The first-order valence-electron chi connectivity index (χ1n) is 3.54. The van der Waals surface area contributed by atoms with Crippen molar-refractivity contribution in [1.29, 1.82) is 0 Å². The molecule has 2 N–H and O–H groups in total. The van der Waals surface area contributed by atoms with Crippen molar-refractivity contribution in [3.63, 3.8) is 0 Å². The fraction of sp³-hybridized carbons (Fsp3) is 0.714. The van der Waals surface area contributed by atoms with Crippen molar-refractivity contribution in [3.05, 3.63) is 11.8 Å². The van der Waals surface area contributed by atoms with Crippen LogP contribution in [-0.4, -0.2) is 19.1 Å². The third-order valence-corrected chi connectivity index (χ3v) is 2.27. The molecule has 0 spiro atoms. The Morgan fingerprint density at radius 2 is 2.44 bits per heavy atom. The molecule has 2 rings (SSSR count). The van der Waals surface area contributed by atoms with Crippen molar-refractivity contribution in [1.82, 2.24) is 10.6 Å². The summed E-state index contributed by atoms with van der Waals surface area (Å²) in [4.78, 5) is 0. The van der Waals surface area contributed by atoms with E-state index < -0.39 is 0 Å². The number of nitrogens with one attached hydrogen (secondary N) is 2. The van der Waals surface area contributed by atoms with E-state index in [1.165, 1.54) is 6.54 Å². The molecule has 1 fully saturated rings. The summed E-state index contributed by atoms with van der Waals surface area (Å²) in [6.45, 7) is 4.53. The molecule has 0 saturated carbocycles. The van der Waals surface area contributed by atoms with Crippen LogP contribution >= 0.6 is 0 Å². The van der Waals surface area contributed by atoms with Gasteiger partial charge in [0, 0.05) is 25.0 Å². The van der Waals surface area contributed by atoms with E-state index in [1.807, 2.05) is 0 Å². The number of hydrogen-bond acceptors (Lipinski definition) is 2. The van der Waals surface area contributed by atoms with Crippen LogP contribution in [0.5, 0.6) is 0 Å². The molecule has 0 aliphatic carbocycles. The molecule has 1 saturated heterocycles. The Morgan fingerprint density at radius 3 is 3.22 bits per heavy atom. The Hall–Kier alpha value is -0.500. The molecule has 2 nitrogen and oxygen atoms in total.